The molecule has 0 spiro atoms. The molecule has 2 N–H and O–H groups in total. The summed E-state index contributed by atoms with van der Waals surface area (Å²) in [6.45, 7) is 6.43. The van der Waals surface area contributed by atoms with Crippen molar-refractivity contribution in [3.8, 4) is 17.6 Å². The summed E-state index contributed by atoms with van der Waals surface area (Å²) in [5.74, 6) is 6.52. The Morgan fingerprint density at radius 2 is 2.05 bits per heavy atom. The van der Waals surface area contributed by atoms with E-state index in [4.69, 9.17) is 4.74 Å². The summed E-state index contributed by atoms with van der Waals surface area (Å²) in [6, 6.07) is 7.70. The number of aryl methyl sites for hydroxylation is 1. The van der Waals surface area contributed by atoms with Gasteiger partial charge in [-0.1, -0.05) is 30.0 Å². The van der Waals surface area contributed by atoms with E-state index in [0.717, 1.165) is 11.3 Å². The fourth-order valence-electron chi connectivity index (χ4n) is 1.38. The van der Waals surface area contributed by atoms with E-state index in [1.165, 1.54) is 0 Å². The van der Waals surface area contributed by atoms with Crippen LogP contribution in [0.2, 0.25) is 0 Å². The van der Waals surface area contributed by atoms with Crippen LogP contribution in [-0.2, 0) is 0 Å². The molecule has 0 aliphatic heterocycles. The molecule has 19 heavy (non-hydrogen) atoms. The molecule has 1 aromatic rings. The highest BCUT2D eigenvalue weighted by Gasteiger charge is 1.99. The van der Waals surface area contributed by atoms with Gasteiger partial charge in [-0.05, 0) is 32.4 Å². The third-order valence-corrected chi connectivity index (χ3v) is 2.28. The van der Waals surface area contributed by atoms with Crippen LogP contribution in [0.3, 0.4) is 0 Å². The number of hydrogen-bond donors (Lipinski definition) is 2. The van der Waals surface area contributed by atoms with Crippen LogP contribution in [-0.4, -0.2) is 25.2 Å². The number of carbonyl (C=O) groups excluding carboxylic acids is 1. The Morgan fingerprint density at radius 3 is 2.74 bits per heavy atom. The van der Waals surface area contributed by atoms with E-state index in [0.29, 0.717) is 13.2 Å². The zero-order valence-corrected chi connectivity index (χ0v) is 11.6. The molecule has 2 amide bonds. The second-order valence-electron chi connectivity index (χ2n) is 4.39. The van der Waals surface area contributed by atoms with Crippen molar-refractivity contribution in [2.45, 2.75) is 26.8 Å². The first kappa shape index (κ1) is 14.9. The summed E-state index contributed by atoms with van der Waals surface area (Å²) in [5.41, 5.74) is 1.08. The van der Waals surface area contributed by atoms with Crippen molar-refractivity contribution in [2.75, 3.05) is 13.2 Å². The van der Waals surface area contributed by atoms with Crippen LogP contribution in [0.1, 0.15) is 19.4 Å². The zero-order chi connectivity index (χ0) is 14.1. The van der Waals surface area contributed by atoms with E-state index in [9.17, 15) is 4.79 Å². The number of amides is 2. The lowest BCUT2D eigenvalue weighted by atomic mass is 10.2. The predicted molar refractivity (Wildman–Crippen MR) is 76.1 cm³/mol. The molecular formula is C15H20N2O2. The minimum Gasteiger partial charge on any atom is -0.481 e. The topological polar surface area (TPSA) is 50.4 Å². The molecule has 0 atom stereocenters. The zero-order valence-electron chi connectivity index (χ0n) is 11.6. The number of para-hydroxylation sites is 1. The summed E-state index contributed by atoms with van der Waals surface area (Å²) in [7, 11) is 0. The Balaban J connectivity index is 2.22. The van der Waals surface area contributed by atoms with Crippen LogP contribution < -0.4 is 15.4 Å². The number of urea groups is 1. The second-order valence-corrected chi connectivity index (χ2v) is 4.39. The van der Waals surface area contributed by atoms with Gasteiger partial charge >= 0.3 is 6.03 Å². The average molecular weight is 260 g/mol. The number of carbonyl (C=O) groups is 1. The van der Waals surface area contributed by atoms with Crippen molar-refractivity contribution in [2.24, 2.45) is 0 Å². The van der Waals surface area contributed by atoms with E-state index in [1.54, 1.807) is 0 Å². The van der Waals surface area contributed by atoms with Gasteiger partial charge < -0.3 is 15.4 Å². The fourth-order valence-corrected chi connectivity index (χ4v) is 1.38. The normalized spacial score (nSPS) is 9.47. The van der Waals surface area contributed by atoms with Gasteiger partial charge in [-0.25, -0.2) is 4.79 Å². The van der Waals surface area contributed by atoms with Crippen LogP contribution in [0.4, 0.5) is 4.79 Å². The SMILES string of the molecule is Cc1ccccc1OCC#CCNC(=O)NC(C)C. The van der Waals surface area contributed by atoms with Gasteiger partial charge in [-0.3, -0.25) is 0 Å². The van der Waals surface area contributed by atoms with Gasteiger partial charge in [0.25, 0.3) is 0 Å². The molecular weight excluding hydrogens is 240 g/mol. The highest BCUT2D eigenvalue weighted by Crippen LogP contribution is 2.15. The molecule has 0 heterocycles. The number of rotatable bonds is 4. The highest BCUT2D eigenvalue weighted by atomic mass is 16.5. The lowest BCUT2D eigenvalue weighted by molar-refractivity contribution is 0.239. The molecule has 1 rings (SSSR count). The molecule has 4 nitrogen and oxygen atoms in total. The smallest absolute Gasteiger partial charge is 0.315 e. The summed E-state index contributed by atoms with van der Waals surface area (Å²) in [5, 5.41) is 5.36. The van der Waals surface area contributed by atoms with Crippen LogP contribution in [0.25, 0.3) is 0 Å². The lowest BCUT2D eigenvalue weighted by Gasteiger charge is -2.07. The third kappa shape index (κ3) is 6.37. The largest absolute Gasteiger partial charge is 0.481 e. The van der Waals surface area contributed by atoms with Gasteiger partial charge in [-0.15, -0.1) is 0 Å². The van der Waals surface area contributed by atoms with E-state index in [-0.39, 0.29) is 12.1 Å². The van der Waals surface area contributed by atoms with Crippen molar-refractivity contribution in [1.29, 1.82) is 0 Å². The van der Waals surface area contributed by atoms with Crippen LogP contribution in [0, 0.1) is 18.8 Å². The maximum absolute atomic E-state index is 11.2. The quantitative estimate of drug-likeness (QED) is 0.814. The molecule has 4 heteroatoms. The monoisotopic (exact) mass is 260 g/mol. The Morgan fingerprint density at radius 1 is 1.32 bits per heavy atom. The van der Waals surface area contributed by atoms with Crippen molar-refractivity contribution in [1.82, 2.24) is 10.6 Å². The Labute approximate surface area is 114 Å². The Hall–Kier alpha value is -2.15. The molecule has 102 valence electrons. The van der Waals surface area contributed by atoms with E-state index >= 15 is 0 Å². The molecule has 1 aromatic carbocycles. The first-order valence-electron chi connectivity index (χ1n) is 6.28. The van der Waals surface area contributed by atoms with Gasteiger partial charge in [0.1, 0.15) is 12.4 Å². The van der Waals surface area contributed by atoms with E-state index in [1.807, 2.05) is 45.0 Å². The third-order valence-electron chi connectivity index (χ3n) is 2.28. The first-order valence-corrected chi connectivity index (χ1v) is 6.28. The number of ether oxygens (including phenoxy) is 1. The molecule has 0 saturated heterocycles. The first-order chi connectivity index (χ1) is 9.09. The Kier molecular flexibility index (Phi) is 6.31. The van der Waals surface area contributed by atoms with E-state index in [2.05, 4.69) is 22.5 Å². The maximum Gasteiger partial charge on any atom is 0.315 e. The van der Waals surface area contributed by atoms with Gasteiger partial charge in [0, 0.05) is 6.04 Å². The molecule has 0 aliphatic carbocycles. The van der Waals surface area contributed by atoms with Crippen molar-refractivity contribution in [3.05, 3.63) is 29.8 Å². The Bertz CT molecular complexity index is 473. The predicted octanol–water partition coefficient (Wildman–Crippen LogP) is 2.08. The summed E-state index contributed by atoms with van der Waals surface area (Å²) in [6.07, 6.45) is 0. The average Bonchev–Trinajstić information content (AvgIpc) is 2.34. The van der Waals surface area contributed by atoms with Crippen LogP contribution >= 0.6 is 0 Å². The molecule has 0 aromatic heterocycles. The van der Waals surface area contributed by atoms with Gasteiger partial charge in [0.05, 0.1) is 6.54 Å². The summed E-state index contributed by atoms with van der Waals surface area (Å²) in [4.78, 5) is 11.2. The molecule has 0 saturated carbocycles. The second kappa shape index (κ2) is 8.04. The summed E-state index contributed by atoms with van der Waals surface area (Å²) < 4.78 is 5.51. The number of benzene rings is 1. The van der Waals surface area contributed by atoms with Crippen molar-refractivity contribution in [3.63, 3.8) is 0 Å². The maximum atomic E-state index is 11.2. The molecule has 0 radical (unpaired) electrons. The highest BCUT2D eigenvalue weighted by molar-refractivity contribution is 5.74. The lowest BCUT2D eigenvalue weighted by Crippen LogP contribution is -2.39. The van der Waals surface area contributed by atoms with Gasteiger partial charge in [-0.2, -0.15) is 0 Å². The molecule has 0 fully saturated rings. The minimum absolute atomic E-state index is 0.123. The van der Waals surface area contributed by atoms with Crippen molar-refractivity contribution < 1.29 is 9.53 Å². The molecule has 0 aliphatic rings. The minimum atomic E-state index is -0.205. The van der Waals surface area contributed by atoms with Crippen LogP contribution in [0.5, 0.6) is 5.75 Å². The standard InChI is InChI=1S/C15H20N2O2/c1-12(2)17-15(18)16-10-6-7-11-19-14-9-5-4-8-13(14)3/h4-5,8-9,12H,10-11H2,1-3H3,(H2,16,17,18). The van der Waals surface area contributed by atoms with Gasteiger partial charge in [0.15, 0.2) is 0 Å². The summed E-state index contributed by atoms with van der Waals surface area (Å²) >= 11 is 0. The fraction of sp³-hybridized carbons (Fsp3) is 0.400. The number of nitrogens with one attached hydrogen (secondary N) is 2. The molecule has 0 unspecified atom stereocenters. The van der Waals surface area contributed by atoms with E-state index < -0.39 is 0 Å². The van der Waals surface area contributed by atoms with Gasteiger partial charge in [0.2, 0.25) is 0 Å². The van der Waals surface area contributed by atoms with Crippen molar-refractivity contribution >= 4 is 6.03 Å². The van der Waals surface area contributed by atoms with Crippen LogP contribution in [0.15, 0.2) is 24.3 Å². The molecule has 0 bridgehead atoms. The number of hydrogen-bond acceptors (Lipinski definition) is 2.